The smallest absolute Gasteiger partial charge is 0.238 e. The fourth-order valence-electron chi connectivity index (χ4n) is 3.58. The molecule has 0 unspecified atom stereocenters. The largest absolute Gasteiger partial charge is 0.340 e. The predicted molar refractivity (Wildman–Crippen MR) is 141 cm³/mol. The Morgan fingerprint density at radius 2 is 1.75 bits per heavy atom. The van der Waals surface area contributed by atoms with Gasteiger partial charge in [0.1, 0.15) is 5.82 Å². The van der Waals surface area contributed by atoms with Crippen molar-refractivity contribution >= 4 is 43.0 Å². The summed E-state index contributed by atoms with van der Waals surface area (Å²) in [6, 6.07) is 14.0. The zero-order valence-corrected chi connectivity index (χ0v) is 21.6. The van der Waals surface area contributed by atoms with E-state index in [4.69, 9.17) is 5.14 Å². The third-order valence-corrected chi connectivity index (χ3v) is 9.01. The molecule has 0 radical (unpaired) electrons. The number of aryl methyl sites for hydroxylation is 1. The molecule has 3 aromatic rings. The Bertz CT molecular complexity index is 1420. The van der Waals surface area contributed by atoms with Gasteiger partial charge in [-0.1, -0.05) is 18.2 Å². The van der Waals surface area contributed by atoms with E-state index in [1.165, 1.54) is 12.1 Å². The van der Waals surface area contributed by atoms with Gasteiger partial charge in [-0.05, 0) is 68.6 Å². The lowest BCUT2D eigenvalue weighted by molar-refractivity contribution is 0.587. The normalized spacial score (nSPS) is 13.9. The monoisotopic (exact) mass is 530 g/mol. The number of sulfonamides is 1. The average Bonchev–Trinajstić information content (AvgIpc) is 3.68. The van der Waals surface area contributed by atoms with Gasteiger partial charge in [-0.2, -0.15) is 4.98 Å². The van der Waals surface area contributed by atoms with Crippen molar-refractivity contribution in [3.8, 4) is 0 Å². The Kier molecular flexibility index (Phi) is 7.88. The highest BCUT2D eigenvalue weighted by molar-refractivity contribution is 7.92. The van der Waals surface area contributed by atoms with Gasteiger partial charge in [0.2, 0.25) is 16.0 Å². The first kappa shape index (κ1) is 26.0. The molecule has 1 heterocycles. The summed E-state index contributed by atoms with van der Waals surface area (Å²) in [7, 11) is -6.71. The molecule has 12 heteroatoms. The lowest BCUT2D eigenvalue weighted by Gasteiger charge is -2.12. The number of hydrogen-bond acceptors (Lipinski definition) is 9. The van der Waals surface area contributed by atoms with Gasteiger partial charge in [0.15, 0.2) is 9.84 Å². The second-order valence-corrected chi connectivity index (χ2v) is 12.8. The summed E-state index contributed by atoms with van der Waals surface area (Å²) < 4.78 is 47.0. The summed E-state index contributed by atoms with van der Waals surface area (Å²) in [4.78, 5) is 8.77. The van der Waals surface area contributed by atoms with Gasteiger partial charge in [-0.3, -0.25) is 0 Å². The number of aromatic nitrogens is 2. The van der Waals surface area contributed by atoms with Gasteiger partial charge in [0.05, 0.1) is 15.9 Å². The summed E-state index contributed by atoms with van der Waals surface area (Å²) >= 11 is 0. The van der Waals surface area contributed by atoms with Crippen LogP contribution in [0, 0.1) is 6.92 Å². The van der Waals surface area contributed by atoms with Gasteiger partial charge in [-0.15, -0.1) is 0 Å². The Labute approximate surface area is 211 Å². The number of nitrogens with two attached hydrogens (primary N) is 1. The molecule has 5 N–H and O–H groups in total. The molecule has 4 rings (SSSR count). The minimum absolute atomic E-state index is 0.00386. The van der Waals surface area contributed by atoms with Crippen LogP contribution in [0.3, 0.4) is 0 Å². The highest BCUT2D eigenvalue weighted by atomic mass is 32.2. The van der Waals surface area contributed by atoms with Crippen LogP contribution in [-0.4, -0.2) is 44.4 Å². The summed E-state index contributed by atoms with van der Waals surface area (Å²) in [5.74, 6) is 1.16. The Morgan fingerprint density at radius 1 is 1.00 bits per heavy atom. The van der Waals surface area contributed by atoms with Crippen LogP contribution in [0.5, 0.6) is 0 Å². The summed E-state index contributed by atoms with van der Waals surface area (Å²) in [5.41, 5.74) is 3.27. The molecule has 192 valence electrons. The zero-order valence-electron chi connectivity index (χ0n) is 19.9. The fraction of sp³-hybridized carbons (Fsp3) is 0.333. The summed E-state index contributed by atoms with van der Waals surface area (Å²) in [6.45, 7) is 3.19. The van der Waals surface area contributed by atoms with Crippen molar-refractivity contribution in [1.29, 1.82) is 0 Å². The molecule has 36 heavy (non-hydrogen) atoms. The number of primary sulfonamides is 1. The van der Waals surface area contributed by atoms with Crippen molar-refractivity contribution in [2.45, 2.75) is 42.9 Å². The van der Waals surface area contributed by atoms with E-state index in [1.807, 2.05) is 31.2 Å². The van der Waals surface area contributed by atoms with Crippen LogP contribution in [-0.2, 0) is 26.4 Å². The summed E-state index contributed by atoms with van der Waals surface area (Å²) in [6.07, 6.45) is 3.92. The molecule has 0 bridgehead atoms. The van der Waals surface area contributed by atoms with Gasteiger partial charge in [-0.25, -0.2) is 27.0 Å². The summed E-state index contributed by atoms with van der Waals surface area (Å²) in [5, 5.41) is 14.7. The van der Waals surface area contributed by atoms with Crippen molar-refractivity contribution in [2.24, 2.45) is 5.14 Å². The standard InChI is InChI=1S/C24H30N6O4S2/c1-17-15-27-24(29-20-4-2-5-22(14-20)36(25,33)34)30-23(17)28-19-8-6-18(7-9-19)16-26-12-3-13-35(31,32)21-10-11-21/h2,4-9,14-15,21,26H,3,10-13,16H2,1H3,(H2,25,33,34)(H2,27,28,29,30). The molecule has 0 saturated heterocycles. The maximum absolute atomic E-state index is 11.9. The molecular weight excluding hydrogens is 500 g/mol. The first-order chi connectivity index (χ1) is 17.1. The maximum atomic E-state index is 11.9. The van der Waals surface area contributed by atoms with E-state index in [1.54, 1.807) is 18.3 Å². The van der Waals surface area contributed by atoms with Crippen LogP contribution in [0.15, 0.2) is 59.6 Å². The number of hydrogen-bond donors (Lipinski definition) is 4. The van der Waals surface area contributed by atoms with E-state index in [0.717, 1.165) is 29.7 Å². The molecule has 1 aromatic heterocycles. The number of rotatable bonds is 12. The fourth-order valence-corrected chi connectivity index (χ4v) is 5.87. The van der Waals surface area contributed by atoms with Crippen LogP contribution in [0.4, 0.5) is 23.1 Å². The van der Waals surface area contributed by atoms with E-state index in [9.17, 15) is 16.8 Å². The lowest BCUT2D eigenvalue weighted by atomic mass is 10.2. The molecule has 0 atom stereocenters. The van der Waals surface area contributed by atoms with E-state index in [2.05, 4.69) is 25.9 Å². The maximum Gasteiger partial charge on any atom is 0.238 e. The molecule has 0 spiro atoms. The Balaban J connectivity index is 1.31. The minimum Gasteiger partial charge on any atom is -0.340 e. The third-order valence-electron chi connectivity index (χ3n) is 5.75. The SMILES string of the molecule is Cc1cnc(Nc2cccc(S(N)(=O)=O)c2)nc1Nc1ccc(CNCCCS(=O)(=O)C2CC2)cc1. The highest BCUT2D eigenvalue weighted by Crippen LogP contribution is 2.29. The number of nitrogens with one attached hydrogen (secondary N) is 3. The van der Waals surface area contributed by atoms with Crippen molar-refractivity contribution in [2.75, 3.05) is 22.9 Å². The van der Waals surface area contributed by atoms with Crippen molar-refractivity contribution in [3.63, 3.8) is 0 Å². The quantitative estimate of drug-likeness (QED) is 0.259. The van der Waals surface area contributed by atoms with E-state index in [-0.39, 0.29) is 15.9 Å². The Morgan fingerprint density at radius 3 is 2.44 bits per heavy atom. The zero-order chi connectivity index (χ0) is 25.8. The van der Waals surface area contributed by atoms with Crippen LogP contribution >= 0.6 is 0 Å². The number of nitrogens with zero attached hydrogens (tertiary/aromatic N) is 2. The second-order valence-electron chi connectivity index (χ2n) is 8.84. The van der Waals surface area contributed by atoms with E-state index < -0.39 is 19.9 Å². The van der Waals surface area contributed by atoms with Crippen LogP contribution < -0.4 is 21.1 Å². The molecule has 1 aliphatic rings. The molecule has 0 amide bonds. The average molecular weight is 531 g/mol. The molecule has 10 nitrogen and oxygen atoms in total. The number of anilines is 4. The molecule has 0 aliphatic heterocycles. The van der Waals surface area contributed by atoms with Crippen molar-refractivity contribution in [3.05, 3.63) is 65.9 Å². The first-order valence-electron chi connectivity index (χ1n) is 11.6. The predicted octanol–water partition coefficient (Wildman–Crippen LogP) is 2.98. The van der Waals surface area contributed by atoms with Gasteiger partial charge in [0, 0.05) is 29.7 Å². The third kappa shape index (κ3) is 7.23. The molecule has 2 aromatic carbocycles. The molecule has 1 saturated carbocycles. The first-order valence-corrected chi connectivity index (χ1v) is 14.9. The minimum atomic E-state index is -3.81. The topological polar surface area (TPSA) is 156 Å². The van der Waals surface area contributed by atoms with E-state index in [0.29, 0.717) is 37.0 Å². The molecular formula is C24H30N6O4S2. The second kappa shape index (κ2) is 10.9. The molecule has 1 aliphatic carbocycles. The number of benzene rings is 2. The number of sulfone groups is 1. The van der Waals surface area contributed by atoms with Crippen LogP contribution in [0.25, 0.3) is 0 Å². The Hall–Kier alpha value is -3.06. The van der Waals surface area contributed by atoms with Gasteiger partial charge >= 0.3 is 0 Å². The highest BCUT2D eigenvalue weighted by Gasteiger charge is 2.34. The van der Waals surface area contributed by atoms with Crippen LogP contribution in [0.2, 0.25) is 0 Å². The van der Waals surface area contributed by atoms with Crippen molar-refractivity contribution in [1.82, 2.24) is 15.3 Å². The lowest BCUT2D eigenvalue weighted by Crippen LogP contribution is -2.19. The van der Waals surface area contributed by atoms with Crippen molar-refractivity contribution < 1.29 is 16.8 Å². The molecule has 1 fully saturated rings. The van der Waals surface area contributed by atoms with E-state index >= 15 is 0 Å². The van der Waals surface area contributed by atoms with Crippen LogP contribution in [0.1, 0.15) is 30.4 Å². The van der Waals surface area contributed by atoms with Gasteiger partial charge in [0.25, 0.3) is 0 Å². The van der Waals surface area contributed by atoms with Gasteiger partial charge < -0.3 is 16.0 Å².